The summed E-state index contributed by atoms with van der Waals surface area (Å²) >= 11 is 1.25. The molecule has 1 atom stereocenters. The van der Waals surface area contributed by atoms with E-state index in [0.717, 1.165) is 0 Å². The van der Waals surface area contributed by atoms with Crippen LogP contribution in [-0.4, -0.2) is 32.6 Å². The summed E-state index contributed by atoms with van der Waals surface area (Å²) in [6.07, 6.45) is 0. The van der Waals surface area contributed by atoms with Gasteiger partial charge in [0, 0.05) is 0 Å². The van der Waals surface area contributed by atoms with Gasteiger partial charge in [-0.25, -0.2) is 4.68 Å². The highest BCUT2D eigenvalue weighted by Gasteiger charge is 2.19. The van der Waals surface area contributed by atoms with Crippen LogP contribution >= 0.6 is 11.8 Å². The number of anilines is 1. The van der Waals surface area contributed by atoms with Crippen molar-refractivity contribution in [1.29, 1.82) is 0 Å². The largest absolute Gasteiger partial charge is 0.492 e. The second kappa shape index (κ2) is 7.17. The third-order valence-corrected chi connectivity index (χ3v) is 3.99. The van der Waals surface area contributed by atoms with E-state index in [9.17, 15) is 4.79 Å². The number of nitrogens with zero attached hydrogens (tertiary/aromatic N) is 3. The summed E-state index contributed by atoms with van der Waals surface area (Å²) in [4.78, 5) is 12.3. The highest BCUT2D eigenvalue weighted by molar-refractivity contribution is 8.00. The molecule has 1 amide bonds. The molecule has 0 aliphatic carbocycles. The van der Waals surface area contributed by atoms with Crippen molar-refractivity contribution >= 4 is 23.4 Å². The lowest BCUT2D eigenvalue weighted by atomic mass is 10.3. The van der Waals surface area contributed by atoms with Crippen molar-refractivity contribution in [2.45, 2.75) is 31.2 Å². The molecule has 22 heavy (non-hydrogen) atoms. The quantitative estimate of drug-likeness (QED) is 0.622. The monoisotopic (exact) mass is 321 g/mol. The Labute approximate surface area is 133 Å². The van der Waals surface area contributed by atoms with Gasteiger partial charge in [-0.3, -0.25) is 4.79 Å². The minimum atomic E-state index is -0.374. The molecule has 0 aliphatic heterocycles. The highest BCUT2D eigenvalue weighted by Crippen LogP contribution is 2.26. The van der Waals surface area contributed by atoms with Crippen LogP contribution in [-0.2, 0) is 4.79 Å². The number of carbonyl (C=O) groups is 1. The third-order valence-electron chi connectivity index (χ3n) is 2.93. The molecule has 1 heterocycles. The fourth-order valence-electron chi connectivity index (χ4n) is 1.73. The van der Waals surface area contributed by atoms with Crippen LogP contribution in [0.1, 0.15) is 19.7 Å². The van der Waals surface area contributed by atoms with Crippen molar-refractivity contribution < 1.29 is 9.53 Å². The fraction of sp³-hybridized carbons (Fsp3) is 0.357. The van der Waals surface area contributed by atoms with E-state index in [2.05, 4.69) is 15.5 Å². The summed E-state index contributed by atoms with van der Waals surface area (Å²) in [5, 5.41) is 10.8. The molecule has 0 aliphatic rings. The van der Waals surface area contributed by atoms with E-state index in [1.165, 1.54) is 16.4 Å². The zero-order valence-electron chi connectivity index (χ0n) is 12.7. The number of para-hydroxylation sites is 2. The number of rotatable bonds is 6. The molecular formula is C14H19N5O2S. The van der Waals surface area contributed by atoms with Crippen LogP contribution in [0.15, 0.2) is 29.4 Å². The average molecular weight is 321 g/mol. The van der Waals surface area contributed by atoms with Crippen LogP contribution in [0.25, 0.3) is 0 Å². The predicted octanol–water partition coefficient (Wildman–Crippen LogP) is 1.82. The number of nitrogen functional groups attached to an aromatic ring is 1. The van der Waals surface area contributed by atoms with E-state index >= 15 is 0 Å². The number of hydrogen-bond acceptors (Lipinski definition) is 6. The second-order valence-electron chi connectivity index (χ2n) is 4.58. The summed E-state index contributed by atoms with van der Waals surface area (Å²) in [5.74, 6) is 6.87. The van der Waals surface area contributed by atoms with Crippen molar-refractivity contribution in [2.75, 3.05) is 17.8 Å². The Morgan fingerprint density at radius 3 is 2.82 bits per heavy atom. The van der Waals surface area contributed by atoms with Crippen molar-refractivity contribution in [3.63, 3.8) is 0 Å². The van der Waals surface area contributed by atoms with E-state index < -0.39 is 0 Å². The Morgan fingerprint density at radius 2 is 2.18 bits per heavy atom. The Hall–Kier alpha value is -2.22. The van der Waals surface area contributed by atoms with Gasteiger partial charge in [-0.2, -0.15) is 0 Å². The van der Waals surface area contributed by atoms with Crippen molar-refractivity contribution in [3.05, 3.63) is 30.1 Å². The van der Waals surface area contributed by atoms with Crippen LogP contribution in [0.5, 0.6) is 5.75 Å². The summed E-state index contributed by atoms with van der Waals surface area (Å²) < 4.78 is 6.85. The Kier molecular flexibility index (Phi) is 5.26. The number of aryl methyl sites for hydroxylation is 1. The SMILES string of the molecule is CCOc1ccccc1NC(=O)C(C)Sc1nnc(C)n1N. The number of nitrogens with two attached hydrogens (primary N) is 1. The number of thioether (sulfide) groups is 1. The number of nitrogens with one attached hydrogen (secondary N) is 1. The lowest BCUT2D eigenvalue weighted by Gasteiger charge is -2.14. The number of amides is 1. The van der Waals surface area contributed by atoms with Gasteiger partial charge >= 0.3 is 0 Å². The molecule has 0 saturated heterocycles. The molecule has 118 valence electrons. The molecule has 1 aromatic carbocycles. The normalized spacial score (nSPS) is 12.0. The first-order valence-corrected chi connectivity index (χ1v) is 7.77. The number of carbonyl (C=O) groups excluding carboxylic acids is 1. The lowest BCUT2D eigenvalue weighted by Crippen LogP contribution is -2.24. The van der Waals surface area contributed by atoms with Gasteiger partial charge in [0.2, 0.25) is 11.1 Å². The van der Waals surface area contributed by atoms with Crippen LogP contribution in [0.2, 0.25) is 0 Å². The first-order valence-electron chi connectivity index (χ1n) is 6.89. The molecule has 8 heteroatoms. The molecule has 1 unspecified atom stereocenters. The maximum absolute atomic E-state index is 12.3. The van der Waals surface area contributed by atoms with Crippen LogP contribution in [0, 0.1) is 6.92 Å². The van der Waals surface area contributed by atoms with Crippen LogP contribution in [0.3, 0.4) is 0 Å². The number of hydrogen-bond donors (Lipinski definition) is 2. The van der Waals surface area contributed by atoms with E-state index in [1.54, 1.807) is 19.9 Å². The van der Waals surface area contributed by atoms with Gasteiger partial charge in [0.15, 0.2) is 0 Å². The highest BCUT2D eigenvalue weighted by atomic mass is 32.2. The minimum absolute atomic E-state index is 0.155. The minimum Gasteiger partial charge on any atom is -0.492 e. The van der Waals surface area contributed by atoms with Gasteiger partial charge in [-0.05, 0) is 32.9 Å². The van der Waals surface area contributed by atoms with Gasteiger partial charge in [0.05, 0.1) is 17.5 Å². The number of aromatic nitrogens is 3. The zero-order chi connectivity index (χ0) is 16.1. The average Bonchev–Trinajstić information content (AvgIpc) is 2.81. The van der Waals surface area contributed by atoms with Crippen molar-refractivity contribution in [2.24, 2.45) is 0 Å². The number of ether oxygens (including phenoxy) is 1. The lowest BCUT2D eigenvalue weighted by molar-refractivity contribution is -0.115. The molecule has 3 N–H and O–H groups in total. The summed E-state index contributed by atoms with van der Waals surface area (Å²) in [6, 6.07) is 7.32. The van der Waals surface area contributed by atoms with Crippen LogP contribution in [0.4, 0.5) is 5.69 Å². The van der Waals surface area contributed by atoms with E-state index in [-0.39, 0.29) is 11.2 Å². The van der Waals surface area contributed by atoms with Crippen molar-refractivity contribution in [1.82, 2.24) is 14.9 Å². The molecule has 0 bridgehead atoms. The van der Waals surface area contributed by atoms with Gasteiger partial charge in [-0.15, -0.1) is 10.2 Å². The summed E-state index contributed by atoms with van der Waals surface area (Å²) in [6.45, 7) is 5.97. The maximum atomic E-state index is 12.3. The molecular weight excluding hydrogens is 302 g/mol. The zero-order valence-corrected chi connectivity index (χ0v) is 13.6. The van der Waals surface area contributed by atoms with Gasteiger partial charge in [0.25, 0.3) is 0 Å². The Morgan fingerprint density at radius 1 is 1.45 bits per heavy atom. The summed E-state index contributed by atoms with van der Waals surface area (Å²) in [7, 11) is 0. The number of benzene rings is 1. The topological polar surface area (TPSA) is 95.1 Å². The molecule has 0 fully saturated rings. The van der Waals surface area contributed by atoms with Crippen molar-refractivity contribution in [3.8, 4) is 5.75 Å². The molecule has 2 aromatic rings. The molecule has 0 spiro atoms. The smallest absolute Gasteiger partial charge is 0.237 e. The van der Waals surface area contributed by atoms with Gasteiger partial charge in [-0.1, -0.05) is 23.9 Å². The Bertz CT molecular complexity index is 658. The van der Waals surface area contributed by atoms with E-state index in [1.807, 2.05) is 25.1 Å². The molecule has 1 aromatic heterocycles. The van der Waals surface area contributed by atoms with E-state index in [4.69, 9.17) is 10.6 Å². The molecule has 0 radical (unpaired) electrons. The molecule has 2 rings (SSSR count). The third kappa shape index (κ3) is 3.70. The standard InChI is InChI=1S/C14H19N5O2S/c1-4-21-12-8-6-5-7-11(12)16-13(20)9(2)22-14-18-17-10(3)19(14)15/h5-9H,4,15H2,1-3H3,(H,16,20). The maximum Gasteiger partial charge on any atom is 0.237 e. The first-order chi connectivity index (χ1) is 10.5. The fourth-order valence-corrected chi connectivity index (χ4v) is 2.54. The second-order valence-corrected chi connectivity index (χ2v) is 5.89. The van der Waals surface area contributed by atoms with Crippen LogP contribution < -0.4 is 15.9 Å². The molecule has 0 saturated carbocycles. The van der Waals surface area contributed by atoms with E-state index in [0.29, 0.717) is 29.0 Å². The summed E-state index contributed by atoms with van der Waals surface area (Å²) in [5.41, 5.74) is 0.646. The van der Waals surface area contributed by atoms with Gasteiger partial charge in [0.1, 0.15) is 11.6 Å². The molecule has 7 nitrogen and oxygen atoms in total. The predicted molar refractivity (Wildman–Crippen MR) is 86.5 cm³/mol. The van der Waals surface area contributed by atoms with Gasteiger partial charge < -0.3 is 15.9 Å². The Balaban J connectivity index is 2.04. The first kappa shape index (κ1) is 16.2.